The fraction of sp³-hybridized carbons (Fsp3) is 0.345. The van der Waals surface area contributed by atoms with Crippen LogP contribution in [0.15, 0.2) is 182 Å². The van der Waals surface area contributed by atoms with E-state index in [-0.39, 0.29) is 46.2 Å². The zero-order chi connectivity index (χ0) is 44.8. The highest BCUT2D eigenvalue weighted by atomic mass is 16.9. The van der Waals surface area contributed by atoms with Crippen LogP contribution in [0.4, 0.5) is 0 Å². The molecule has 0 radical (unpaired) electrons. The lowest BCUT2D eigenvalue weighted by Crippen LogP contribution is -2.75. The van der Waals surface area contributed by atoms with Crippen LogP contribution in [-0.2, 0) is 91.7 Å². The van der Waals surface area contributed by atoms with E-state index in [4.69, 9.17) is 52.1 Å². The van der Waals surface area contributed by atoms with Crippen LogP contribution in [0.2, 0.25) is 0 Å². The van der Waals surface area contributed by atoms with Crippen molar-refractivity contribution in [2.75, 3.05) is 20.3 Å². The largest absolute Gasteiger partial charge is 0.374 e. The van der Waals surface area contributed by atoms with Crippen LogP contribution in [0.3, 0.4) is 0 Å². The number of methoxy groups -OCH3 is 1. The number of fused-ring (bicyclic) bond motifs is 1. The average Bonchev–Trinajstić information content (AvgIpc) is 3.38. The molecule has 6 aromatic rings. The summed E-state index contributed by atoms with van der Waals surface area (Å²) in [4.78, 5) is 0. The van der Waals surface area contributed by atoms with Gasteiger partial charge >= 0.3 is 5.97 Å². The van der Waals surface area contributed by atoms with Crippen LogP contribution in [0.25, 0.3) is 0 Å². The fourth-order valence-corrected chi connectivity index (χ4v) is 8.68. The first-order valence-corrected chi connectivity index (χ1v) is 22.7. The fourth-order valence-electron chi connectivity index (χ4n) is 8.68. The molecule has 3 fully saturated rings. The second-order valence-corrected chi connectivity index (χ2v) is 16.7. The van der Waals surface area contributed by atoms with Gasteiger partial charge in [0.15, 0.2) is 12.4 Å². The van der Waals surface area contributed by atoms with Crippen LogP contribution < -0.4 is 0 Å². The molecule has 0 bridgehead atoms. The molecule has 0 unspecified atom stereocenters. The van der Waals surface area contributed by atoms with Crippen LogP contribution in [0.5, 0.6) is 0 Å². The zero-order valence-corrected chi connectivity index (χ0v) is 37.2. The van der Waals surface area contributed by atoms with Crippen LogP contribution >= 0.6 is 0 Å². The Labute approximate surface area is 387 Å². The zero-order valence-electron chi connectivity index (χ0n) is 37.2. The lowest BCUT2D eigenvalue weighted by Gasteiger charge is -2.57. The predicted molar refractivity (Wildman–Crippen MR) is 245 cm³/mol. The maximum Gasteiger partial charge on any atom is 0.314 e. The van der Waals surface area contributed by atoms with E-state index in [1.54, 1.807) is 7.11 Å². The van der Waals surface area contributed by atoms with Gasteiger partial charge in [0.2, 0.25) is 0 Å². The van der Waals surface area contributed by atoms with Crippen molar-refractivity contribution in [1.29, 1.82) is 0 Å². The summed E-state index contributed by atoms with van der Waals surface area (Å²) in [6.45, 7) is 1.79. The molecule has 3 heterocycles. The number of benzene rings is 6. The highest BCUT2D eigenvalue weighted by Crippen LogP contribution is 2.45. The molecule has 9 rings (SSSR count). The normalized spacial score (nSPS) is 27.3. The summed E-state index contributed by atoms with van der Waals surface area (Å²) >= 11 is 0. The minimum atomic E-state index is -1.87. The van der Waals surface area contributed by atoms with Gasteiger partial charge in [-0.2, -0.15) is 0 Å². The Balaban J connectivity index is 1.10. The van der Waals surface area contributed by atoms with Crippen LogP contribution in [0, 0.1) is 0 Å². The quantitative estimate of drug-likeness (QED) is 0.0735. The Kier molecular flexibility index (Phi) is 16.1. The molecule has 66 heavy (non-hydrogen) atoms. The van der Waals surface area contributed by atoms with Crippen molar-refractivity contribution in [1.82, 2.24) is 0 Å². The van der Waals surface area contributed by atoms with E-state index in [1.165, 1.54) is 0 Å². The minimum Gasteiger partial charge on any atom is -0.374 e. The number of ether oxygens (including phenoxy) is 11. The third kappa shape index (κ3) is 11.7. The number of hydrogen-bond donors (Lipinski definition) is 0. The van der Waals surface area contributed by atoms with E-state index in [0.717, 1.165) is 33.4 Å². The second kappa shape index (κ2) is 23.1. The van der Waals surface area contributed by atoms with Gasteiger partial charge in [-0.25, -0.2) is 0 Å². The number of rotatable bonds is 20. The van der Waals surface area contributed by atoms with E-state index in [1.807, 2.05) is 182 Å². The first-order valence-electron chi connectivity index (χ1n) is 22.7. The summed E-state index contributed by atoms with van der Waals surface area (Å²) in [5.74, 6) is -1.87. The van der Waals surface area contributed by atoms with Crippen molar-refractivity contribution in [2.45, 2.75) is 101 Å². The third-order valence-electron chi connectivity index (χ3n) is 12.0. The van der Waals surface area contributed by atoms with E-state index in [9.17, 15) is 0 Å². The molecule has 3 aliphatic heterocycles. The molecular weight excluding hydrogens is 837 g/mol. The summed E-state index contributed by atoms with van der Waals surface area (Å²) in [6.07, 6.45) is -6.97. The Hall–Kier alpha value is -5.12. The highest BCUT2D eigenvalue weighted by Gasteiger charge is 2.65. The SMILES string of the molecule is CO[C@H]1O[C@@H]2CO[C@]3(O[C@@H]2[C@H](OCc2ccccc2)[C@H]1OCc1ccccc1)O[C@H](COCc1ccccc1)[C@@H](OCc1ccccc1)[C@H](OCc1ccccc1)[C@@H]3OCc1ccccc1. The molecule has 0 saturated carbocycles. The molecule has 11 nitrogen and oxygen atoms in total. The lowest BCUT2D eigenvalue weighted by molar-refractivity contribution is -0.517. The van der Waals surface area contributed by atoms with Crippen molar-refractivity contribution >= 4 is 0 Å². The molecule has 6 aromatic carbocycles. The maximum atomic E-state index is 7.34. The third-order valence-corrected chi connectivity index (χ3v) is 12.0. The molecule has 344 valence electrons. The van der Waals surface area contributed by atoms with E-state index in [2.05, 4.69) is 0 Å². The molecular formula is C55H58O11. The van der Waals surface area contributed by atoms with Gasteiger partial charge in [-0.15, -0.1) is 0 Å². The van der Waals surface area contributed by atoms with E-state index < -0.39 is 61.1 Å². The summed E-state index contributed by atoms with van der Waals surface area (Å²) in [5.41, 5.74) is 5.91. The summed E-state index contributed by atoms with van der Waals surface area (Å²) in [6, 6.07) is 60.1. The van der Waals surface area contributed by atoms with E-state index in [0.29, 0.717) is 6.61 Å². The molecule has 3 saturated heterocycles. The Morgan fingerprint density at radius 3 is 1.29 bits per heavy atom. The van der Waals surface area contributed by atoms with Gasteiger partial charge in [-0.05, 0) is 33.4 Å². The smallest absolute Gasteiger partial charge is 0.314 e. The van der Waals surface area contributed by atoms with Crippen molar-refractivity contribution in [3.05, 3.63) is 215 Å². The molecule has 0 N–H and O–H groups in total. The van der Waals surface area contributed by atoms with Gasteiger partial charge in [0, 0.05) is 7.11 Å². The summed E-state index contributed by atoms with van der Waals surface area (Å²) in [7, 11) is 1.60. The molecule has 11 heteroatoms. The van der Waals surface area contributed by atoms with Crippen molar-refractivity contribution in [3.8, 4) is 0 Å². The first-order chi connectivity index (χ1) is 32.6. The molecule has 0 aliphatic carbocycles. The first kappa shape index (κ1) is 46.0. The number of hydrogen-bond acceptors (Lipinski definition) is 11. The summed E-state index contributed by atoms with van der Waals surface area (Å²) in [5, 5.41) is 0. The second-order valence-electron chi connectivity index (χ2n) is 16.7. The highest BCUT2D eigenvalue weighted by molar-refractivity contribution is 5.18. The van der Waals surface area contributed by atoms with Crippen LogP contribution in [-0.4, -0.2) is 81.4 Å². The standard InChI is InChI=1S/C55H58O11/c1-56-54-52(61-36-44-28-16-6-17-29-44)50(59-34-42-24-12-4-13-25-42)49-46(64-54)39-63-55(66-49)53(62-37-45-30-18-7-19-31-45)51(60-35-43-26-14-5-15-27-43)48(58-33-41-22-10-3-11-23-41)47(65-55)38-57-32-40-20-8-2-9-21-40/h2-31,46-54H,32-39H2,1H3/t46-,47-,48-,49+,50+,51+,52-,53+,54+,55+/m1/s1. The topological polar surface area (TPSA) is 102 Å². The molecule has 10 atom stereocenters. The van der Waals surface area contributed by atoms with Gasteiger partial charge in [-0.1, -0.05) is 182 Å². The predicted octanol–water partition coefficient (Wildman–Crippen LogP) is 8.97. The van der Waals surface area contributed by atoms with E-state index >= 15 is 0 Å². The molecule has 0 amide bonds. The monoisotopic (exact) mass is 894 g/mol. The Morgan fingerprint density at radius 2 is 0.833 bits per heavy atom. The van der Waals surface area contributed by atoms with Crippen LogP contribution in [0.1, 0.15) is 33.4 Å². The van der Waals surface area contributed by atoms with Gasteiger partial charge < -0.3 is 52.1 Å². The molecule has 1 spiro atoms. The van der Waals surface area contributed by atoms with Gasteiger partial charge in [0.1, 0.15) is 42.7 Å². The van der Waals surface area contributed by atoms with Gasteiger partial charge in [0.05, 0.1) is 52.9 Å². The van der Waals surface area contributed by atoms with Crippen molar-refractivity contribution in [2.24, 2.45) is 0 Å². The molecule has 0 aromatic heterocycles. The molecule has 3 aliphatic rings. The Morgan fingerprint density at radius 1 is 0.439 bits per heavy atom. The minimum absolute atomic E-state index is 0.0465. The Bertz CT molecular complexity index is 2290. The van der Waals surface area contributed by atoms with Crippen molar-refractivity contribution in [3.63, 3.8) is 0 Å². The lowest BCUT2D eigenvalue weighted by atomic mass is 9.93. The average molecular weight is 895 g/mol. The van der Waals surface area contributed by atoms with Gasteiger partial charge in [0.25, 0.3) is 0 Å². The van der Waals surface area contributed by atoms with Crippen molar-refractivity contribution < 1.29 is 52.1 Å². The maximum absolute atomic E-state index is 7.34. The van der Waals surface area contributed by atoms with Gasteiger partial charge in [-0.3, -0.25) is 0 Å². The summed E-state index contributed by atoms with van der Waals surface area (Å²) < 4.78 is 75.2.